The van der Waals surface area contributed by atoms with Crippen molar-refractivity contribution in [1.29, 1.82) is 0 Å². The fraction of sp³-hybridized carbons (Fsp3) is 0.562. The molecule has 1 aromatic rings. The molecule has 0 aliphatic carbocycles. The average Bonchev–Trinajstić information content (AvgIpc) is 2.83. The zero-order chi connectivity index (χ0) is 14.5. The number of carbonyl (C=O) groups is 1. The molecule has 1 amide bonds. The first-order valence-electron chi connectivity index (χ1n) is 7.33. The standard InChI is InChI=1S/C16H24N2O2/c1-11(2)10-20-14-6-4-5-13(9-14)18-16(19)15-12(3)7-8-17-15/h4-6,9,11-12,15,17H,7-8,10H2,1-3H3,(H,18,19). The Balaban J connectivity index is 1.95. The minimum absolute atomic E-state index is 0.0380. The minimum atomic E-state index is -0.0877. The van der Waals surface area contributed by atoms with Crippen LogP contribution >= 0.6 is 0 Å². The van der Waals surface area contributed by atoms with Crippen molar-refractivity contribution in [2.45, 2.75) is 33.2 Å². The highest BCUT2D eigenvalue weighted by molar-refractivity contribution is 5.95. The second kappa shape index (κ2) is 6.75. The second-order valence-corrected chi connectivity index (χ2v) is 5.92. The first-order chi connectivity index (χ1) is 9.56. The van der Waals surface area contributed by atoms with Gasteiger partial charge in [-0.2, -0.15) is 0 Å². The summed E-state index contributed by atoms with van der Waals surface area (Å²) < 4.78 is 5.67. The third kappa shape index (κ3) is 3.97. The lowest BCUT2D eigenvalue weighted by Gasteiger charge is -2.16. The number of anilines is 1. The second-order valence-electron chi connectivity index (χ2n) is 5.92. The van der Waals surface area contributed by atoms with E-state index in [1.165, 1.54) is 0 Å². The Morgan fingerprint density at radius 1 is 1.50 bits per heavy atom. The van der Waals surface area contributed by atoms with Crippen LogP contribution in [0, 0.1) is 11.8 Å². The van der Waals surface area contributed by atoms with E-state index in [1.54, 1.807) is 0 Å². The fourth-order valence-electron chi connectivity index (χ4n) is 2.33. The molecule has 1 aromatic carbocycles. The van der Waals surface area contributed by atoms with E-state index in [0.29, 0.717) is 18.4 Å². The van der Waals surface area contributed by atoms with E-state index >= 15 is 0 Å². The molecule has 110 valence electrons. The summed E-state index contributed by atoms with van der Waals surface area (Å²) in [7, 11) is 0. The van der Waals surface area contributed by atoms with Crippen LogP contribution in [-0.4, -0.2) is 25.1 Å². The molecule has 0 saturated carbocycles. The van der Waals surface area contributed by atoms with Crippen molar-refractivity contribution in [3.05, 3.63) is 24.3 Å². The van der Waals surface area contributed by atoms with Crippen molar-refractivity contribution in [3.8, 4) is 5.75 Å². The summed E-state index contributed by atoms with van der Waals surface area (Å²) in [6.07, 6.45) is 1.05. The average molecular weight is 276 g/mol. The maximum Gasteiger partial charge on any atom is 0.241 e. The largest absolute Gasteiger partial charge is 0.493 e. The smallest absolute Gasteiger partial charge is 0.241 e. The summed E-state index contributed by atoms with van der Waals surface area (Å²) in [5.74, 6) is 1.70. The third-order valence-corrected chi connectivity index (χ3v) is 3.50. The number of hydrogen-bond acceptors (Lipinski definition) is 3. The molecule has 2 unspecified atom stereocenters. The number of nitrogens with one attached hydrogen (secondary N) is 2. The van der Waals surface area contributed by atoms with Crippen molar-refractivity contribution in [2.75, 3.05) is 18.5 Å². The molecule has 1 heterocycles. The quantitative estimate of drug-likeness (QED) is 0.869. The zero-order valence-corrected chi connectivity index (χ0v) is 12.5. The highest BCUT2D eigenvalue weighted by atomic mass is 16.5. The van der Waals surface area contributed by atoms with Crippen molar-refractivity contribution >= 4 is 11.6 Å². The Kier molecular flexibility index (Phi) is 5.01. The lowest BCUT2D eigenvalue weighted by molar-refractivity contribution is -0.118. The van der Waals surface area contributed by atoms with Gasteiger partial charge in [-0.1, -0.05) is 26.8 Å². The molecule has 4 heteroatoms. The molecule has 2 atom stereocenters. The van der Waals surface area contributed by atoms with E-state index in [4.69, 9.17) is 4.74 Å². The van der Waals surface area contributed by atoms with Crippen LogP contribution in [-0.2, 0) is 4.79 Å². The Bertz CT molecular complexity index is 460. The summed E-state index contributed by atoms with van der Waals surface area (Å²) in [6, 6.07) is 7.49. The van der Waals surface area contributed by atoms with Crippen LogP contribution < -0.4 is 15.4 Å². The molecule has 1 aliphatic heterocycles. The predicted molar refractivity (Wildman–Crippen MR) is 81.0 cm³/mol. The van der Waals surface area contributed by atoms with Gasteiger partial charge in [-0.15, -0.1) is 0 Å². The van der Waals surface area contributed by atoms with Crippen molar-refractivity contribution in [1.82, 2.24) is 5.32 Å². The summed E-state index contributed by atoms with van der Waals surface area (Å²) in [6.45, 7) is 7.92. The van der Waals surface area contributed by atoms with Gasteiger partial charge in [-0.3, -0.25) is 4.79 Å². The van der Waals surface area contributed by atoms with Crippen molar-refractivity contribution in [2.24, 2.45) is 11.8 Å². The van der Waals surface area contributed by atoms with Crippen LogP contribution in [0.15, 0.2) is 24.3 Å². The highest BCUT2D eigenvalue weighted by Crippen LogP contribution is 2.20. The van der Waals surface area contributed by atoms with Gasteiger partial charge in [-0.25, -0.2) is 0 Å². The van der Waals surface area contributed by atoms with Crippen LogP contribution in [0.3, 0.4) is 0 Å². The van der Waals surface area contributed by atoms with Gasteiger partial charge in [0, 0.05) is 11.8 Å². The molecular formula is C16H24N2O2. The molecule has 0 bridgehead atoms. The zero-order valence-electron chi connectivity index (χ0n) is 12.5. The molecule has 1 aliphatic rings. The number of benzene rings is 1. The summed E-state index contributed by atoms with van der Waals surface area (Å²) in [5.41, 5.74) is 0.789. The SMILES string of the molecule is CC(C)COc1cccc(NC(=O)C2NCCC2C)c1. The van der Waals surface area contributed by atoms with E-state index in [0.717, 1.165) is 24.4 Å². The Morgan fingerprint density at radius 3 is 2.95 bits per heavy atom. The maximum atomic E-state index is 12.2. The summed E-state index contributed by atoms with van der Waals surface area (Å²) >= 11 is 0. The Labute approximate surface area is 120 Å². The van der Waals surface area contributed by atoms with E-state index < -0.39 is 0 Å². The van der Waals surface area contributed by atoms with Gasteiger partial charge in [-0.05, 0) is 36.9 Å². The third-order valence-electron chi connectivity index (χ3n) is 3.50. The molecule has 0 aromatic heterocycles. The lowest BCUT2D eigenvalue weighted by atomic mass is 10.0. The van der Waals surface area contributed by atoms with E-state index in [9.17, 15) is 4.79 Å². The monoisotopic (exact) mass is 276 g/mol. The fourth-order valence-corrected chi connectivity index (χ4v) is 2.33. The molecule has 20 heavy (non-hydrogen) atoms. The maximum absolute atomic E-state index is 12.2. The Hall–Kier alpha value is -1.55. The number of ether oxygens (including phenoxy) is 1. The number of carbonyl (C=O) groups excluding carboxylic acids is 1. The van der Waals surface area contributed by atoms with Crippen molar-refractivity contribution < 1.29 is 9.53 Å². The number of amides is 1. The molecular weight excluding hydrogens is 252 g/mol. The molecule has 0 spiro atoms. The van der Waals surface area contributed by atoms with Crippen LogP contribution in [0.25, 0.3) is 0 Å². The normalized spacial score (nSPS) is 22.0. The number of rotatable bonds is 5. The van der Waals surface area contributed by atoms with Gasteiger partial charge in [0.1, 0.15) is 5.75 Å². The van der Waals surface area contributed by atoms with E-state index in [1.807, 2.05) is 24.3 Å². The van der Waals surface area contributed by atoms with Crippen LogP contribution in [0.2, 0.25) is 0 Å². The first kappa shape index (κ1) is 14.9. The van der Waals surface area contributed by atoms with E-state index in [2.05, 4.69) is 31.4 Å². The van der Waals surface area contributed by atoms with Gasteiger partial charge in [0.05, 0.1) is 12.6 Å². The molecule has 1 fully saturated rings. The lowest BCUT2D eigenvalue weighted by Crippen LogP contribution is -2.39. The highest BCUT2D eigenvalue weighted by Gasteiger charge is 2.29. The van der Waals surface area contributed by atoms with Gasteiger partial charge < -0.3 is 15.4 Å². The minimum Gasteiger partial charge on any atom is -0.493 e. The summed E-state index contributed by atoms with van der Waals surface area (Å²) in [5, 5.41) is 6.20. The van der Waals surface area contributed by atoms with E-state index in [-0.39, 0.29) is 11.9 Å². The van der Waals surface area contributed by atoms with Gasteiger partial charge >= 0.3 is 0 Å². The van der Waals surface area contributed by atoms with Crippen LogP contribution in [0.1, 0.15) is 27.2 Å². The number of hydrogen-bond donors (Lipinski definition) is 2. The van der Waals surface area contributed by atoms with Crippen LogP contribution in [0.5, 0.6) is 5.75 Å². The molecule has 0 radical (unpaired) electrons. The first-order valence-corrected chi connectivity index (χ1v) is 7.33. The predicted octanol–water partition coefficient (Wildman–Crippen LogP) is 2.66. The Morgan fingerprint density at radius 2 is 2.30 bits per heavy atom. The van der Waals surface area contributed by atoms with Crippen LogP contribution in [0.4, 0.5) is 5.69 Å². The topological polar surface area (TPSA) is 50.4 Å². The van der Waals surface area contributed by atoms with Gasteiger partial charge in [0.15, 0.2) is 0 Å². The molecule has 2 N–H and O–H groups in total. The molecule has 1 saturated heterocycles. The van der Waals surface area contributed by atoms with Gasteiger partial charge in [0.25, 0.3) is 0 Å². The molecule has 2 rings (SSSR count). The van der Waals surface area contributed by atoms with Crippen molar-refractivity contribution in [3.63, 3.8) is 0 Å². The van der Waals surface area contributed by atoms with Gasteiger partial charge in [0.2, 0.25) is 5.91 Å². The summed E-state index contributed by atoms with van der Waals surface area (Å²) in [4.78, 5) is 12.2. The molecule has 4 nitrogen and oxygen atoms in total.